The van der Waals surface area contributed by atoms with Crippen LogP contribution in [0.2, 0.25) is 0 Å². The number of aromatic nitrogens is 4. The summed E-state index contributed by atoms with van der Waals surface area (Å²) in [7, 11) is 0. The molecule has 0 bridgehead atoms. The first-order valence-corrected chi connectivity index (χ1v) is 7.60. The maximum Gasteiger partial charge on any atom is 0.212 e. The first-order valence-electron chi connectivity index (χ1n) is 6.72. The Morgan fingerprint density at radius 2 is 2.00 bits per heavy atom. The molecule has 7 heteroatoms. The normalized spacial score (nSPS) is 11.1. The van der Waals surface area contributed by atoms with E-state index in [9.17, 15) is 9.18 Å². The van der Waals surface area contributed by atoms with Crippen LogP contribution in [0, 0.1) is 5.82 Å². The summed E-state index contributed by atoms with van der Waals surface area (Å²) in [6, 6.07) is 6.15. The molecule has 3 rings (SSSR count). The summed E-state index contributed by atoms with van der Waals surface area (Å²) in [6.45, 7) is 3.94. The van der Waals surface area contributed by atoms with Gasteiger partial charge in [0, 0.05) is 10.9 Å². The predicted molar refractivity (Wildman–Crippen MR) is 81.9 cm³/mol. The predicted octanol–water partition coefficient (Wildman–Crippen LogP) is 3.47. The quantitative estimate of drug-likeness (QED) is 0.692. The van der Waals surface area contributed by atoms with Gasteiger partial charge in [-0.1, -0.05) is 19.1 Å². The molecule has 0 radical (unpaired) electrons. The molecule has 3 aromatic rings. The molecule has 0 unspecified atom stereocenters. The molecule has 0 atom stereocenters. The highest BCUT2D eigenvalue weighted by Crippen LogP contribution is 2.27. The number of thiazole rings is 1. The van der Waals surface area contributed by atoms with E-state index in [1.807, 2.05) is 19.2 Å². The minimum Gasteiger partial charge on any atom is -0.296 e. The van der Waals surface area contributed by atoms with Crippen LogP contribution in [0.5, 0.6) is 0 Å². The van der Waals surface area contributed by atoms with E-state index in [1.54, 1.807) is 16.8 Å². The Bertz CT molecular complexity index is 807. The fourth-order valence-electron chi connectivity index (χ4n) is 2.18. The molecule has 0 saturated carbocycles. The number of carbonyl (C=O) groups excluding carboxylic acids is 1. The summed E-state index contributed by atoms with van der Waals surface area (Å²) in [6.07, 6.45) is 0.702. The van der Waals surface area contributed by atoms with E-state index in [0.29, 0.717) is 17.1 Å². The van der Waals surface area contributed by atoms with Gasteiger partial charge in [0.15, 0.2) is 6.29 Å². The lowest BCUT2D eigenvalue weighted by Crippen LogP contribution is -2.05. The molecular weight excluding hydrogens is 303 g/mol. The van der Waals surface area contributed by atoms with Gasteiger partial charge < -0.3 is 0 Å². The third-order valence-corrected chi connectivity index (χ3v) is 4.02. The lowest BCUT2D eigenvalue weighted by atomic mass is 10.1. The molecule has 112 valence electrons. The first-order chi connectivity index (χ1) is 10.6. The second-order valence-electron chi connectivity index (χ2n) is 5.07. The summed E-state index contributed by atoms with van der Waals surface area (Å²) >= 11 is 1.40. The second-order valence-corrected chi connectivity index (χ2v) is 5.90. The fourth-order valence-corrected chi connectivity index (χ4v) is 2.97. The van der Waals surface area contributed by atoms with Gasteiger partial charge in [-0.05, 0) is 30.2 Å². The maximum atomic E-state index is 13.0. The zero-order valence-electron chi connectivity index (χ0n) is 12.0. The number of hydrogen-bond acceptors (Lipinski definition) is 5. The van der Waals surface area contributed by atoms with E-state index in [1.165, 1.54) is 23.5 Å². The minimum absolute atomic E-state index is 0.0911. The van der Waals surface area contributed by atoms with Crippen LogP contribution < -0.4 is 0 Å². The molecule has 0 amide bonds. The third kappa shape index (κ3) is 2.55. The van der Waals surface area contributed by atoms with Crippen LogP contribution in [0.4, 0.5) is 4.39 Å². The Morgan fingerprint density at radius 1 is 1.27 bits per heavy atom. The van der Waals surface area contributed by atoms with Crippen molar-refractivity contribution >= 4 is 17.6 Å². The van der Waals surface area contributed by atoms with Gasteiger partial charge in [-0.25, -0.2) is 9.37 Å². The second kappa shape index (κ2) is 5.76. The van der Waals surface area contributed by atoms with E-state index in [0.717, 1.165) is 17.0 Å². The number of halogens is 1. The van der Waals surface area contributed by atoms with E-state index in [2.05, 4.69) is 15.3 Å². The maximum absolute atomic E-state index is 13.0. The molecule has 0 aliphatic carbocycles. The lowest BCUT2D eigenvalue weighted by Gasteiger charge is -2.06. The summed E-state index contributed by atoms with van der Waals surface area (Å²) in [5.74, 6) is -0.193. The van der Waals surface area contributed by atoms with E-state index in [4.69, 9.17) is 0 Å². The van der Waals surface area contributed by atoms with Crippen LogP contribution in [-0.2, 0) is 0 Å². The van der Waals surface area contributed by atoms with Crippen LogP contribution >= 0.6 is 11.3 Å². The molecular formula is C15H13FN4OS. The smallest absolute Gasteiger partial charge is 0.212 e. The summed E-state index contributed by atoms with van der Waals surface area (Å²) in [4.78, 5) is 15.6. The Balaban J connectivity index is 2.02. The molecule has 2 aromatic heterocycles. The van der Waals surface area contributed by atoms with Crippen LogP contribution in [-0.4, -0.2) is 26.3 Å². The van der Waals surface area contributed by atoms with Gasteiger partial charge in [-0.2, -0.15) is 4.68 Å². The number of rotatable bonds is 4. The molecule has 0 spiro atoms. The average Bonchev–Trinajstić information content (AvgIpc) is 3.14. The van der Waals surface area contributed by atoms with E-state index < -0.39 is 0 Å². The van der Waals surface area contributed by atoms with Crippen molar-refractivity contribution in [2.45, 2.75) is 19.8 Å². The summed E-state index contributed by atoms with van der Waals surface area (Å²) in [5, 5.41) is 10.4. The highest BCUT2D eigenvalue weighted by molar-refractivity contribution is 7.12. The van der Waals surface area contributed by atoms with Gasteiger partial charge in [0.25, 0.3) is 0 Å². The van der Waals surface area contributed by atoms with Gasteiger partial charge in [-0.15, -0.1) is 16.4 Å². The molecule has 0 aliphatic heterocycles. The van der Waals surface area contributed by atoms with Gasteiger partial charge >= 0.3 is 0 Å². The van der Waals surface area contributed by atoms with Crippen LogP contribution in [0.25, 0.3) is 16.4 Å². The van der Waals surface area contributed by atoms with Crippen LogP contribution in [0.1, 0.15) is 35.9 Å². The molecule has 0 saturated heterocycles. The van der Waals surface area contributed by atoms with Crippen molar-refractivity contribution in [3.8, 4) is 16.4 Å². The molecule has 5 nitrogen and oxygen atoms in total. The van der Waals surface area contributed by atoms with E-state index >= 15 is 0 Å². The number of carbonyl (C=O) groups is 1. The molecule has 1 aromatic carbocycles. The topological polar surface area (TPSA) is 60.7 Å². The van der Waals surface area contributed by atoms with Crippen molar-refractivity contribution < 1.29 is 9.18 Å². The molecule has 0 aliphatic rings. The zero-order chi connectivity index (χ0) is 15.7. The highest BCUT2D eigenvalue weighted by atomic mass is 32.1. The number of nitrogens with zero attached hydrogens (tertiary/aromatic N) is 4. The lowest BCUT2D eigenvalue weighted by molar-refractivity contribution is 0.111. The molecule has 0 fully saturated rings. The number of aldehydes is 1. The monoisotopic (exact) mass is 316 g/mol. The van der Waals surface area contributed by atoms with Gasteiger partial charge in [0.2, 0.25) is 5.13 Å². The van der Waals surface area contributed by atoms with Crippen molar-refractivity contribution in [3.05, 3.63) is 46.9 Å². The molecule has 2 heterocycles. The van der Waals surface area contributed by atoms with Crippen molar-refractivity contribution in [2.75, 3.05) is 0 Å². The standard InChI is InChI=1S/C15H13FN4OS/c1-9(2)14-12(7-21)18-19-20(14)15-17-13(8-22-15)10-3-5-11(16)6-4-10/h3-9H,1-2H3. The summed E-state index contributed by atoms with van der Waals surface area (Å²) in [5.41, 5.74) is 2.62. The van der Waals surface area contributed by atoms with Gasteiger partial charge in [-0.3, -0.25) is 4.79 Å². The third-order valence-electron chi connectivity index (χ3n) is 3.20. The Morgan fingerprint density at radius 3 is 2.64 bits per heavy atom. The Hall–Kier alpha value is -2.41. The van der Waals surface area contributed by atoms with Crippen molar-refractivity contribution in [1.82, 2.24) is 20.0 Å². The van der Waals surface area contributed by atoms with Crippen LogP contribution in [0.15, 0.2) is 29.6 Å². The summed E-state index contributed by atoms with van der Waals surface area (Å²) < 4.78 is 14.6. The van der Waals surface area contributed by atoms with Crippen molar-refractivity contribution in [1.29, 1.82) is 0 Å². The zero-order valence-corrected chi connectivity index (χ0v) is 12.8. The Labute approximate surface area is 130 Å². The highest BCUT2D eigenvalue weighted by Gasteiger charge is 2.19. The fraction of sp³-hybridized carbons (Fsp3) is 0.200. The molecule has 22 heavy (non-hydrogen) atoms. The van der Waals surface area contributed by atoms with Crippen molar-refractivity contribution in [3.63, 3.8) is 0 Å². The Kier molecular flexibility index (Phi) is 3.81. The first kappa shape index (κ1) is 14.5. The van der Waals surface area contributed by atoms with E-state index in [-0.39, 0.29) is 11.7 Å². The molecule has 0 N–H and O–H groups in total. The number of hydrogen-bond donors (Lipinski definition) is 0. The van der Waals surface area contributed by atoms with Gasteiger partial charge in [0.1, 0.15) is 11.5 Å². The SMILES string of the molecule is CC(C)c1c(C=O)nnn1-c1nc(-c2ccc(F)cc2)cs1. The van der Waals surface area contributed by atoms with Crippen molar-refractivity contribution in [2.24, 2.45) is 0 Å². The minimum atomic E-state index is -0.284. The number of benzene rings is 1. The average molecular weight is 316 g/mol. The largest absolute Gasteiger partial charge is 0.296 e. The van der Waals surface area contributed by atoms with Crippen LogP contribution in [0.3, 0.4) is 0 Å². The van der Waals surface area contributed by atoms with Gasteiger partial charge in [0.05, 0.1) is 11.4 Å².